The second-order valence-corrected chi connectivity index (χ2v) is 9.14. The van der Waals surface area contributed by atoms with Gasteiger partial charge in [0.25, 0.3) is 5.91 Å². The van der Waals surface area contributed by atoms with Crippen LogP contribution in [0.1, 0.15) is 23.3 Å². The first-order valence-corrected chi connectivity index (χ1v) is 11.7. The lowest BCUT2D eigenvalue weighted by molar-refractivity contribution is -0.181. The van der Waals surface area contributed by atoms with Gasteiger partial charge in [0.05, 0.1) is 13.2 Å². The summed E-state index contributed by atoms with van der Waals surface area (Å²) in [5, 5.41) is 3.56. The van der Waals surface area contributed by atoms with Crippen molar-refractivity contribution in [3.05, 3.63) is 40.4 Å². The number of amides is 1. The standard InChI is InChI=1S/C21H25ClN4O3S/c22-16-2-1-3-17(14-16)24-8-10-26(11-9-24)20-23-18(15-30-20)19(27)25-6-4-21(5-7-25)28-12-13-29-21/h1-3,14-15H,4-13H2. The summed E-state index contributed by atoms with van der Waals surface area (Å²) in [7, 11) is 0. The number of rotatable bonds is 3. The van der Waals surface area contributed by atoms with E-state index < -0.39 is 5.79 Å². The summed E-state index contributed by atoms with van der Waals surface area (Å²) in [6.07, 6.45) is 1.45. The number of likely N-dealkylation sites (tertiary alicyclic amines) is 1. The predicted octanol–water partition coefficient (Wildman–Crippen LogP) is 3.10. The fraction of sp³-hybridized carbons (Fsp3) is 0.524. The molecule has 1 aromatic carbocycles. The molecule has 9 heteroatoms. The Morgan fingerprint density at radius 2 is 1.73 bits per heavy atom. The van der Waals surface area contributed by atoms with E-state index in [2.05, 4.69) is 20.9 Å². The van der Waals surface area contributed by atoms with Crippen molar-refractivity contribution in [3.63, 3.8) is 0 Å². The molecule has 0 aliphatic carbocycles. The molecule has 0 radical (unpaired) electrons. The Hall–Kier alpha value is -1.87. The van der Waals surface area contributed by atoms with Crippen LogP contribution in [0.3, 0.4) is 0 Å². The van der Waals surface area contributed by atoms with Crippen LogP contribution < -0.4 is 9.80 Å². The highest BCUT2D eigenvalue weighted by Crippen LogP contribution is 2.32. The molecule has 1 aromatic heterocycles. The molecule has 0 saturated carbocycles. The second kappa shape index (κ2) is 8.34. The number of piperidine rings is 1. The number of hydrogen-bond donors (Lipinski definition) is 0. The average Bonchev–Trinajstić information content (AvgIpc) is 3.44. The van der Waals surface area contributed by atoms with E-state index in [0.717, 1.165) is 54.9 Å². The molecule has 5 rings (SSSR count). The van der Waals surface area contributed by atoms with E-state index in [1.165, 1.54) is 0 Å². The fourth-order valence-corrected chi connectivity index (χ4v) is 5.37. The smallest absolute Gasteiger partial charge is 0.273 e. The highest BCUT2D eigenvalue weighted by Gasteiger charge is 2.41. The highest BCUT2D eigenvalue weighted by atomic mass is 35.5. The largest absolute Gasteiger partial charge is 0.368 e. The van der Waals surface area contributed by atoms with Crippen LogP contribution in [0.2, 0.25) is 5.02 Å². The number of carbonyl (C=O) groups excluding carboxylic acids is 1. The first-order valence-electron chi connectivity index (χ1n) is 10.4. The van der Waals surface area contributed by atoms with E-state index in [1.54, 1.807) is 11.3 Å². The molecule has 0 atom stereocenters. The van der Waals surface area contributed by atoms with Crippen molar-refractivity contribution < 1.29 is 14.3 Å². The molecule has 2 aromatic rings. The molecule has 0 unspecified atom stereocenters. The van der Waals surface area contributed by atoms with E-state index in [4.69, 9.17) is 21.1 Å². The minimum Gasteiger partial charge on any atom is -0.368 e. The van der Waals surface area contributed by atoms with Gasteiger partial charge in [0.1, 0.15) is 5.69 Å². The minimum atomic E-state index is -0.466. The Kier molecular flexibility index (Phi) is 5.58. The Balaban J connectivity index is 1.17. The van der Waals surface area contributed by atoms with Crippen LogP contribution in [0.5, 0.6) is 0 Å². The SMILES string of the molecule is O=C(c1csc(N2CCN(c3cccc(Cl)c3)CC2)n1)N1CCC2(CC1)OCCO2. The summed E-state index contributed by atoms with van der Waals surface area (Å²) < 4.78 is 11.5. The molecule has 0 N–H and O–H groups in total. The van der Waals surface area contributed by atoms with Crippen LogP contribution in [0.15, 0.2) is 29.6 Å². The van der Waals surface area contributed by atoms with Crippen LogP contribution >= 0.6 is 22.9 Å². The van der Waals surface area contributed by atoms with Gasteiger partial charge in [0, 0.05) is 68.2 Å². The van der Waals surface area contributed by atoms with Crippen molar-refractivity contribution in [2.24, 2.45) is 0 Å². The molecule has 4 heterocycles. The van der Waals surface area contributed by atoms with E-state index in [-0.39, 0.29) is 5.91 Å². The number of halogens is 1. The number of aromatic nitrogens is 1. The number of benzene rings is 1. The van der Waals surface area contributed by atoms with Crippen LogP contribution in [0.4, 0.5) is 10.8 Å². The van der Waals surface area contributed by atoms with Gasteiger partial charge in [-0.2, -0.15) is 0 Å². The molecule has 160 valence electrons. The quantitative estimate of drug-likeness (QED) is 0.719. The van der Waals surface area contributed by atoms with Gasteiger partial charge < -0.3 is 24.2 Å². The Morgan fingerprint density at radius 3 is 2.43 bits per heavy atom. The van der Waals surface area contributed by atoms with Crippen molar-refractivity contribution in [1.29, 1.82) is 0 Å². The van der Waals surface area contributed by atoms with Gasteiger partial charge in [0.15, 0.2) is 10.9 Å². The van der Waals surface area contributed by atoms with Gasteiger partial charge in [0.2, 0.25) is 0 Å². The lowest BCUT2D eigenvalue weighted by Crippen LogP contribution is -2.47. The van der Waals surface area contributed by atoms with E-state index in [9.17, 15) is 4.79 Å². The van der Waals surface area contributed by atoms with Crippen molar-refractivity contribution in [2.45, 2.75) is 18.6 Å². The van der Waals surface area contributed by atoms with Crippen molar-refractivity contribution >= 4 is 39.7 Å². The normalized spacial score (nSPS) is 21.4. The zero-order valence-corrected chi connectivity index (χ0v) is 18.3. The van der Waals surface area contributed by atoms with Crippen LogP contribution in [-0.2, 0) is 9.47 Å². The molecule has 1 spiro atoms. The van der Waals surface area contributed by atoms with Crippen molar-refractivity contribution in [3.8, 4) is 0 Å². The second-order valence-electron chi connectivity index (χ2n) is 7.87. The topological polar surface area (TPSA) is 58.1 Å². The van der Waals surface area contributed by atoms with Gasteiger partial charge in [-0.15, -0.1) is 11.3 Å². The monoisotopic (exact) mass is 448 g/mol. The molecule has 0 bridgehead atoms. The number of ether oxygens (including phenoxy) is 2. The van der Waals surface area contributed by atoms with Gasteiger partial charge in [-0.3, -0.25) is 4.79 Å². The van der Waals surface area contributed by atoms with E-state index in [1.807, 2.05) is 28.5 Å². The third kappa shape index (κ3) is 4.01. The maximum Gasteiger partial charge on any atom is 0.273 e. The first-order chi connectivity index (χ1) is 14.6. The van der Waals surface area contributed by atoms with Gasteiger partial charge >= 0.3 is 0 Å². The number of anilines is 2. The number of thiazole rings is 1. The summed E-state index contributed by atoms with van der Waals surface area (Å²) in [5.41, 5.74) is 1.69. The lowest BCUT2D eigenvalue weighted by Gasteiger charge is -2.37. The third-order valence-electron chi connectivity index (χ3n) is 6.06. The molecule has 1 amide bonds. The first kappa shape index (κ1) is 20.1. The summed E-state index contributed by atoms with van der Waals surface area (Å²) in [6, 6.07) is 7.97. The minimum absolute atomic E-state index is 0.00269. The Bertz CT molecular complexity index is 899. The number of carbonyl (C=O) groups is 1. The lowest BCUT2D eigenvalue weighted by atomic mass is 10.0. The molecule has 30 heavy (non-hydrogen) atoms. The van der Waals surface area contributed by atoms with E-state index in [0.29, 0.717) is 32.0 Å². The third-order valence-corrected chi connectivity index (χ3v) is 7.20. The summed E-state index contributed by atoms with van der Waals surface area (Å²) >= 11 is 7.67. The van der Waals surface area contributed by atoms with Gasteiger partial charge in [-0.1, -0.05) is 17.7 Å². The molecule has 3 aliphatic heterocycles. The maximum atomic E-state index is 12.9. The maximum absolute atomic E-state index is 12.9. The summed E-state index contributed by atoms with van der Waals surface area (Å²) in [5.74, 6) is -0.463. The van der Waals surface area contributed by atoms with Crippen LogP contribution in [0, 0.1) is 0 Å². The summed E-state index contributed by atoms with van der Waals surface area (Å²) in [6.45, 7) is 6.12. The number of hydrogen-bond acceptors (Lipinski definition) is 7. The zero-order chi connectivity index (χ0) is 20.6. The fourth-order valence-electron chi connectivity index (χ4n) is 4.33. The Morgan fingerprint density at radius 1 is 1.03 bits per heavy atom. The summed E-state index contributed by atoms with van der Waals surface area (Å²) in [4.78, 5) is 24.0. The predicted molar refractivity (Wildman–Crippen MR) is 118 cm³/mol. The van der Waals surface area contributed by atoms with Gasteiger partial charge in [-0.25, -0.2) is 4.98 Å². The number of nitrogens with zero attached hydrogens (tertiary/aromatic N) is 4. The van der Waals surface area contributed by atoms with Crippen molar-refractivity contribution in [1.82, 2.24) is 9.88 Å². The highest BCUT2D eigenvalue weighted by molar-refractivity contribution is 7.13. The van der Waals surface area contributed by atoms with Crippen molar-refractivity contribution in [2.75, 3.05) is 62.3 Å². The van der Waals surface area contributed by atoms with Crippen LogP contribution in [-0.4, -0.2) is 74.1 Å². The van der Waals surface area contributed by atoms with Gasteiger partial charge in [-0.05, 0) is 18.2 Å². The molecule has 7 nitrogen and oxygen atoms in total. The van der Waals surface area contributed by atoms with Crippen LogP contribution in [0.25, 0.3) is 0 Å². The molecule has 3 saturated heterocycles. The Labute approximate surface area is 185 Å². The molecule has 3 fully saturated rings. The molecule has 3 aliphatic rings. The average molecular weight is 449 g/mol. The molecular formula is C21H25ClN4O3S. The zero-order valence-electron chi connectivity index (χ0n) is 16.8. The number of piperazine rings is 1. The molecular weight excluding hydrogens is 424 g/mol. The van der Waals surface area contributed by atoms with E-state index >= 15 is 0 Å².